The SMILES string of the molecule is Cc1cc(Br)cc(NS(=O)(=O)c2cc(Br)c(C)cc2Br)c1. The molecule has 0 unspecified atom stereocenters. The molecule has 0 bridgehead atoms. The van der Waals surface area contributed by atoms with Gasteiger partial charge in [-0.2, -0.15) is 0 Å². The van der Waals surface area contributed by atoms with Crippen LogP contribution in [0.15, 0.2) is 48.6 Å². The first-order chi connectivity index (χ1) is 9.69. The molecular formula is C14H12Br3NO2S. The van der Waals surface area contributed by atoms with Crippen LogP contribution < -0.4 is 4.72 Å². The van der Waals surface area contributed by atoms with E-state index in [-0.39, 0.29) is 4.90 Å². The monoisotopic (exact) mass is 495 g/mol. The van der Waals surface area contributed by atoms with E-state index < -0.39 is 10.0 Å². The highest BCUT2D eigenvalue weighted by Crippen LogP contribution is 2.30. The molecule has 0 aliphatic rings. The van der Waals surface area contributed by atoms with Crippen LogP contribution in [0.4, 0.5) is 5.69 Å². The molecule has 0 radical (unpaired) electrons. The maximum absolute atomic E-state index is 12.5. The first kappa shape index (κ1) is 17.0. The molecule has 0 saturated carbocycles. The largest absolute Gasteiger partial charge is 0.280 e. The molecule has 0 spiro atoms. The van der Waals surface area contributed by atoms with Gasteiger partial charge in [0.15, 0.2) is 0 Å². The van der Waals surface area contributed by atoms with E-state index in [4.69, 9.17) is 0 Å². The van der Waals surface area contributed by atoms with Crippen LogP contribution in [0.3, 0.4) is 0 Å². The van der Waals surface area contributed by atoms with E-state index in [0.717, 1.165) is 20.1 Å². The molecule has 0 atom stereocenters. The topological polar surface area (TPSA) is 46.2 Å². The minimum atomic E-state index is -3.66. The van der Waals surface area contributed by atoms with Gasteiger partial charge in [0.2, 0.25) is 0 Å². The summed E-state index contributed by atoms with van der Waals surface area (Å²) in [5.74, 6) is 0. The zero-order chi connectivity index (χ0) is 15.8. The number of anilines is 1. The van der Waals surface area contributed by atoms with Crippen LogP contribution in [0.1, 0.15) is 11.1 Å². The van der Waals surface area contributed by atoms with Crippen molar-refractivity contribution in [3.05, 3.63) is 54.9 Å². The van der Waals surface area contributed by atoms with Crippen LogP contribution in [0.2, 0.25) is 0 Å². The molecule has 2 aromatic carbocycles. The lowest BCUT2D eigenvalue weighted by Crippen LogP contribution is -2.14. The zero-order valence-corrected chi connectivity index (χ0v) is 16.8. The highest BCUT2D eigenvalue weighted by molar-refractivity contribution is 9.11. The number of halogens is 3. The van der Waals surface area contributed by atoms with Crippen LogP contribution in [0.5, 0.6) is 0 Å². The van der Waals surface area contributed by atoms with Gasteiger partial charge in [-0.05, 0) is 71.2 Å². The minimum Gasteiger partial charge on any atom is -0.280 e. The number of aryl methyl sites for hydroxylation is 2. The molecule has 7 heteroatoms. The molecular weight excluding hydrogens is 486 g/mol. The average molecular weight is 498 g/mol. The van der Waals surface area contributed by atoms with Crippen LogP contribution >= 0.6 is 47.8 Å². The van der Waals surface area contributed by atoms with Gasteiger partial charge in [-0.25, -0.2) is 8.42 Å². The molecule has 21 heavy (non-hydrogen) atoms. The molecule has 0 amide bonds. The number of sulfonamides is 1. The van der Waals surface area contributed by atoms with Gasteiger partial charge in [0.05, 0.1) is 5.69 Å². The lowest BCUT2D eigenvalue weighted by atomic mass is 10.2. The fourth-order valence-electron chi connectivity index (χ4n) is 1.84. The number of nitrogens with one attached hydrogen (secondary N) is 1. The Labute approximate surface area is 149 Å². The summed E-state index contributed by atoms with van der Waals surface area (Å²) in [4.78, 5) is 0.192. The maximum atomic E-state index is 12.5. The number of hydrogen-bond donors (Lipinski definition) is 1. The quantitative estimate of drug-likeness (QED) is 0.618. The average Bonchev–Trinajstić information content (AvgIpc) is 2.31. The molecule has 1 N–H and O–H groups in total. The molecule has 2 rings (SSSR count). The maximum Gasteiger partial charge on any atom is 0.263 e. The Morgan fingerprint density at radius 3 is 2.19 bits per heavy atom. The lowest BCUT2D eigenvalue weighted by Gasteiger charge is -2.12. The summed E-state index contributed by atoms with van der Waals surface area (Å²) >= 11 is 10.0. The number of rotatable bonds is 3. The molecule has 112 valence electrons. The van der Waals surface area contributed by atoms with Crippen LogP contribution in [-0.4, -0.2) is 8.42 Å². The Bertz CT molecular complexity index is 784. The predicted molar refractivity (Wildman–Crippen MR) is 96.3 cm³/mol. The summed E-state index contributed by atoms with van der Waals surface area (Å²) in [6.07, 6.45) is 0. The Balaban J connectivity index is 2.45. The van der Waals surface area contributed by atoms with Gasteiger partial charge in [-0.15, -0.1) is 0 Å². The van der Waals surface area contributed by atoms with E-state index in [9.17, 15) is 8.42 Å². The molecule has 0 aromatic heterocycles. The van der Waals surface area contributed by atoms with Crippen molar-refractivity contribution < 1.29 is 8.42 Å². The summed E-state index contributed by atoms with van der Waals surface area (Å²) in [6, 6.07) is 8.77. The summed E-state index contributed by atoms with van der Waals surface area (Å²) in [5, 5.41) is 0. The fourth-order valence-corrected chi connectivity index (χ4v) is 5.17. The molecule has 3 nitrogen and oxygen atoms in total. The second-order valence-corrected chi connectivity index (χ2v) is 8.93. The van der Waals surface area contributed by atoms with Crippen molar-refractivity contribution in [1.82, 2.24) is 0 Å². The lowest BCUT2D eigenvalue weighted by molar-refractivity contribution is 0.600. The van der Waals surface area contributed by atoms with Crippen molar-refractivity contribution in [2.75, 3.05) is 4.72 Å². The molecule has 0 aliphatic heterocycles. The fraction of sp³-hybridized carbons (Fsp3) is 0.143. The normalized spacial score (nSPS) is 11.5. The molecule has 0 heterocycles. The second kappa shape index (κ2) is 6.40. The van der Waals surface area contributed by atoms with Gasteiger partial charge in [-0.1, -0.05) is 31.9 Å². The van der Waals surface area contributed by atoms with E-state index in [1.807, 2.05) is 19.9 Å². The molecule has 0 aliphatic carbocycles. The summed E-state index contributed by atoms with van der Waals surface area (Å²) in [6.45, 7) is 3.80. The minimum absolute atomic E-state index is 0.192. The van der Waals surface area contributed by atoms with Gasteiger partial charge < -0.3 is 0 Å². The summed E-state index contributed by atoms with van der Waals surface area (Å²) < 4.78 is 29.8. The van der Waals surface area contributed by atoms with E-state index in [0.29, 0.717) is 10.2 Å². The van der Waals surface area contributed by atoms with Gasteiger partial charge >= 0.3 is 0 Å². The third-order valence-electron chi connectivity index (χ3n) is 2.80. The Morgan fingerprint density at radius 1 is 0.905 bits per heavy atom. The Hall–Kier alpha value is -0.370. The van der Waals surface area contributed by atoms with Crippen molar-refractivity contribution in [2.45, 2.75) is 18.7 Å². The summed E-state index contributed by atoms with van der Waals surface area (Å²) in [7, 11) is -3.66. The van der Waals surface area contributed by atoms with Crippen LogP contribution in [0.25, 0.3) is 0 Å². The van der Waals surface area contributed by atoms with E-state index in [1.165, 1.54) is 0 Å². The molecule has 0 fully saturated rings. The van der Waals surface area contributed by atoms with Gasteiger partial charge in [0.1, 0.15) is 4.90 Å². The van der Waals surface area contributed by atoms with Crippen molar-refractivity contribution in [1.29, 1.82) is 0 Å². The second-order valence-electron chi connectivity index (χ2n) is 4.65. The van der Waals surface area contributed by atoms with E-state index in [2.05, 4.69) is 52.5 Å². The van der Waals surface area contributed by atoms with Gasteiger partial charge in [0.25, 0.3) is 10.0 Å². The third kappa shape index (κ3) is 4.09. The van der Waals surface area contributed by atoms with E-state index >= 15 is 0 Å². The van der Waals surface area contributed by atoms with Crippen molar-refractivity contribution in [3.8, 4) is 0 Å². The van der Waals surface area contributed by atoms with Crippen molar-refractivity contribution in [2.24, 2.45) is 0 Å². The molecule has 0 saturated heterocycles. The predicted octanol–water partition coefficient (Wildman–Crippen LogP) is 5.39. The van der Waals surface area contributed by atoms with Gasteiger partial charge in [-0.3, -0.25) is 4.72 Å². The first-order valence-electron chi connectivity index (χ1n) is 5.95. The number of hydrogen-bond acceptors (Lipinski definition) is 2. The summed E-state index contributed by atoms with van der Waals surface area (Å²) in [5.41, 5.74) is 2.44. The zero-order valence-electron chi connectivity index (χ0n) is 11.2. The standard InChI is InChI=1S/C14H12Br3NO2S/c1-8-3-10(15)6-11(4-8)18-21(19,20)14-7-12(16)9(2)5-13(14)17/h3-7,18H,1-2H3. The van der Waals surface area contributed by atoms with Gasteiger partial charge in [0, 0.05) is 13.4 Å². The van der Waals surface area contributed by atoms with Crippen LogP contribution in [0, 0.1) is 13.8 Å². The molecule has 2 aromatic rings. The Kier molecular flexibility index (Phi) is 5.18. The smallest absolute Gasteiger partial charge is 0.263 e. The third-order valence-corrected chi connectivity index (χ3v) is 6.45. The van der Waals surface area contributed by atoms with Crippen LogP contribution in [-0.2, 0) is 10.0 Å². The first-order valence-corrected chi connectivity index (χ1v) is 9.81. The highest BCUT2D eigenvalue weighted by atomic mass is 79.9. The van der Waals surface area contributed by atoms with Crippen molar-refractivity contribution >= 4 is 63.5 Å². The van der Waals surface area contributed by atoms with Crippen molar-refractivity contribution in [3.63, 3.8) is 0 Å². The Morgan fingerprint density at radius 2 is 1.57 bits per heavy atom. The highest BCUT2D eigenvalue weighted by Gasteiger charge is 2.19. The van der Waals surface area contributed by atoms with E-state index in [1.54, 1.807) is 24.3 Å². The number of benzene rings is 2.